The number of carbonyl (C=O) groups excluding carboxylic acids is 1. The van der Waals surface area contributed by atoms with Crippen LogP contribution in [0.25, 0.3) is 0 Å². The molecular formula is C14H28O4Si. The van der Waals surface area contributed by atoms with E-state index in [-0.39, 0.29) is 5.78 Å². The summed E-state index contributed by atoms with van der Waals surface area (Å²) in [4.78, 5) is 11.6. The van der Waals surface area contributed by atoms with E-state index in [2.05, 4.69) is 13.5 Å². The van der Waals surface area contributed by atoms with E-state index in [1.54, 1.807) is 6.92 Å². The van der Waals surface area contributed by atoms with Crippen molar-refractivity contribution < 1.29 is 18.1 Å². The lowest BCUT2D eigenvalue weighted by atomic mass is 10.3. The van der Waals surface area contributed by atoms with Crippen LogP contribution in [-0.2, 0) is 18.1 Å². The fourth-order valence-corrected chi connectivity index (χ4v) is 4.68. The molecule has 0 aromatic carbocycles. The van der Waals surface area contributed by atoms with Crippen LogP contribution in [0.1, 0.15) is 47.0 Å². The normalized spacial score (nSPS) is 13.3. The second kappa shape index (κ2) is 10.3. The summed E-state index contributed by atoms with van der Waals surface area (Å²) in [5.41, 5.74) is 0. The van der Waals surface area contributed by atoms with Gasteiger partial charge in [0.15, 0.2) is 5.78 Å². The van der Waals surface area contributed by atoms with Gasteiger partial charge in [0.05, 0.1) is 0 Å². The molecule has 0 spiro atoms. The van der Waals surface area contributed by atoms with Gasteiger partial charge in [-0.25, -0.2) is 0 Å². The van der Waals surface area contributed by atoms with Crippen molar-refractivity contribution in [3.8, 4) is 0 Å². The molecule has 0 aliphatic heterocycles. The number of ketones is 1. The SMILES string of the molecule is C=CC(=O)C(C)O[Si](CCCCC)(OCC)OCC. The molecular weight excluding hydrogens is 260 g/mol. The minimum atomic E-state index is -2.74. The molecule has 0 aromatic rings. The first kappa shape index (κ1) is 18.5. The molecule has 4 nitrogen and oxygen atoms in total. The molecule has 0 aliphatic carbocycles. The average molecular weight is 288 g/mol. The van der Waals surface area contributed by atoms with E-state index < -0.39 is 14.9 Å². The van der Waals surface area contributed by atoms with Crippen molar-refractivity contribution in [3.63, 3.8) is 0 Å². The highest BCUT2D eigenvalue weighted by Gasteiger charge is 2.42. The third-order valence-electron chi connectivity index (χ3n) is 2.77. The zero-order valence-corrected chi connectivity index (χ0v) is 13.7. The maximum atomic E-state index is 11.6. The van der Waals surface area contributed by atoms with Gasteiger partial charge in [-0.05, 0) is 33.3 Å². The second-order valence-corrected chi connectivity index (χ2v) is 7.05. The van der Waals surface area contributed by atoms with Gasteiger partial charge in [-0.15, -0.1) is 0 Å². The third-order valence-corrected chi connectivity index (χ3v) is 5.91. The minimum absolute atomic E-state index is 0.133. The van der Waals surface area contributed by atoms with Gasteiger partial charge in [0.2, 0.25) is 0 Å². The van der Waals surface area contributed by atoms with Crippen LogP contribution in [0.15, 0.2) is 12.7 Å². The summed E-state index contributed by atoms with van der Waals surface area (Å²) in [7, 11) is -2.74. The molecule has 0 amide bonds. The fraction of sp³-hybridized carbons (Fsp3) is 0.786. The Morgan fingerprint density at radius 2 is 1.79 bits per heavy atom. The van der Waals surface area contributed by atoms with Gasteiger partial charge in [0.25, 0.3) is 0 Å². The topological polar surface area (TPSA) is 44.8 Å². The summed E-state index contributed by atoms with van der Waals surface area (Å²) in [6, 6.07) is 0.761. The Morgan fingerprint density at radius 3 is 2.21 bits per heavy atom. The Labute approximate surface area is 118 Å². The van der Waals surface area contributed by atoms with Gasteiger partial charge in [0, 0.05) is 19.3 Å². The van der Waals surface area contributed by atoms with E-state index in [4.69, 9.17) is 13.3 Å². The van der Waals surface area contributed by atoms with Gasteiger partial charge >= 0.3 is 8.80 Å². The average Bonchev–Trinajstić information content (AvgIpc) is 2.38. The highest BCUT2D eigenvalue weighted by Crippen LogP contribution is 2.22. The highest BCUT2D eigenvalue weighted by atomic mass is 28.4. The summed E-state index contributed by atoms with van der Waals surface area (Å²) in [6.07, 6.45) is 3.97. The van der Waals surface area contributed by atoms with E-state index >= 15 is 0 Å². The predicted molar refractivity (Wildman–Crippen MR) is 79.1 cm³/mol. The van der Waals surface area contributed by atoms with Crippen LogP contribution in [0.5, 0.6) is 0 Å². The lowest BCUT2D eigenvalue weighted by Crippen LogP contribution is -2.49. The van der Waals surface area contributed by atoms with E-state index in [0.717, 1.165) is 25.3 Å². The van der Waals surface area contributed by atoms with Crippen molar-refractivity contribution in [1.29, 1.82) is 0 Å². The Kier molecular flexibility index (Phi) is 10.0. The molecule has 0 aliphatic rings. The van der Waals surface area contributed by atoms with Crippen molar-refractivity contribution in [3.05, 3.63) is 12.7 Å². The molecule has 0 fully saturated rings. The standard InChI is InChI=1S/C14H28O4Si/c1-6-10-11-12-19(16-8-3,17-9-4)18-13(5)14(15)7-2/h7,13H,2,6,8-12H2,1,3-5H3. The van der Waals surface area contributed by atoms with Crippen LogP contribution in [0.4, 0.5) is 0 Å². The smallest absolute Gasteiger partial charge is 0.374 e. The minimum Gasteiger partial charge on any atom is -0.374 e. The number of hydrogen-bond donors (Lipinski definition) is 0. The van der Waals surface area contributed by atoms with Gasteiger partial charge in [-0.1, -0.05) is 26.3 Å². The van der Waals surface area contributed by atoms with Gasteiger partial charge in [-0.2, -0.15) is 0 Å². The van der Waals surface area contributed by atoms with Crippen LogP contribution < -0.4 is 0 Å². The molecule has 112 valence electrons. The van der Waals surface area contributed by atoms with Crippen molar-refractivity contribution >= 4 is 14.6 Å². The van der Waals surface area contributed by atoms with Crippen molar-refractivity contribution in [1.82, 2.24) is 0 Å². The van der Waals surface area contributed by atoms with E-state index in [1.165, 1.54) is 6.08 Å². The van der Waals surface area contributed by atoms with E-state index in [9.17, 15) is 4.79 Å². The van der Waals surface area contributed by atoms with Crippen LogP contribution in [0, 0.1) is 0 Å². The molecule has 1 atom stereocenters. The Hall–Kier alpha value is -0.493. The Bertz CT molecular complexity index is 262. The van der Waals surface area contributed by atoms with Crippen LogP contribution in [-0.4, -0.2) is 33.9 Å². The first-order valence-corrected chi connectivity index (χ1v) is 9.10. The van der Waals surface area contributed by atoms with E-state index in [0.29, 0.717) is 13.2 Å². The van der Waals surface area contributed by atoms with E-state index in [1.807, 2.05) is 13.8 Å². The van der Waals surface area contributed by atoms with Crippen molar-refractivity contribution in [2.45, 2.75) is 59.1 Å². The number of rotatable bonds is 12. The number of hydrogen-bond acceptors (Lipinski definition) is 4. The molecule has 0 saturated heterocycles. The molecule has 0 rings (SSSR count). The molecule has 19 heavy (non-hydrogen) atoms. The maximum Gasteiger partial charge on any atom is 0.501 e. The summed E-state index contributed by atoms with van der Waals surface area (Å²) >= 11 is 0. The first-order chi connectivity index (χ1) is 9.05. The lowest BCUT2D eigenvalue weighted by molar-refractivity contribution is -0.122. The van der Waals surface area contributed by atoms with Crippen LogP contribution in [0.3, 0.4) is 0 Å². The Morgan fingerprint density at radius 1 is 1.21 bits per heavy atom. The summed E-state index contributed by atoms with van der Waals surface area (Å²) < 4.78 is 17.5. The molecule has 0 aromatic heterocycles. The second-order valence-electron chi connectivity index (χ2n) is 4.37. The molecule has 5 heteroatoms. The van der Waals surface area contributed by atoms with Crippen molar-refractivity contribution in [2.24, 2.45) is 0 Å². The summed E-state index contributed by atoms with van der Waals surface area (Å²) in [5.74, 6) is -0.133. The quantitative estimate of drug-likeness (QED) is 0.314. The maximum absolute atomic E-state index is 11.6. The molecule has 0 N–H and O–H groups in total. The molecule has 0 bridgehead atoms. The Balaban J connectivity index is 4.76. The number of unbranched alkanes of at least 4 members (excludes halogenated alkanes) is 2. The first-order valence-electron chi connectivity index (χ1n) is 7.17. The molecule has 0 saturated carbocycles. The van der Waals surface area contributed by atoms with Crippen LogP contribution >= 0.6 is 0 Å². The fourth-order valence-electron chi connectivity index (χ4n) is 1.84. The van der Waals surface area contributed by atoms with Gasteiger partial charge in [-0.3, -0.25) is 4.79 Å². The third kappa shape index (κ3) is 7.01. The molecule has 0 heterocycles. The lowest BCUT2D eigenvalue weighted by Gasteiger charge is -2.31. The predicted octanol–water partition coefficient (Wildman–Crippen LogP) is 3.35. The van der Waals surface area contributed by atoms with Gasteiger partial charge < -0.3 is 13.3 Å². The number of carbonyl (C=O) groups is 1. The largest absolute Gasteiger partial charge is 0.501 e. The zero-order chi connectivity index (χ0) is 14.7. The van der Waals surface area contributed by atoms with Crippen molar-refractivity contribution in [2.75, 3.05) is 13.2 Å². The monoisotopic (exact) mass is 288 g/mol. The highest BCUT2D eigenvalue weighted by molar-refractivity contribution is 6.61. The molecule has 0 radical (unpaired) electrons. The van der Waals surface area contributed by atoms with Crippen LogP contribution in [0.2, 0.25) is 6.04 Å². The molecule has 1 unspecified atom stereocenters. The zero-order valence-electron chi connectivity index (χ0n) is 12.7. The summed E-state index contributed by atoms with van der Waals surface area (Å²) in [5, 5.41) is 0. The summed E-state index contributed by atoms with van der Waals surface area (Å²) in [6.45, 7) is 12.3. The van der Waals surface area contributed by atoms with Gasteiger partial charge in [0.1, 0.15) is 6.10 Å².